The van der Waals surface area contributed by atoms with E-state index in [1.54, 1.807) is 6.92 Å². The third kappa shape index (κ3) is 3.36. The SMILES string of the molecule is Cc1nc(C2(NC(=O)CN(C)c3ccccc3)CCCC2)no1. The van der Waals surface area contributed by atoms with Gasteiger partial charge in [-0.15, -0.1) is 0 Å². The van der Waals surface area contributed by atoms with Crippen LogP contribution in [0.5, 0.6) is 0 Å². The van der Waals surface area contributed by atoms with E-state index in [4.69, 9.17) is 4.52 Å². The maximum absolute atomic E-state index is 12.5. The van der Waals surface area contributed by atoms with Crippen LogP contribution in [0, 0.1) is 6.92 Å². The van der Waals surface area contributed by atoms with Crippen molar-refractivity contribution in [2.24, 2.45) is 0 Å². The van der Waals surface area contributed by atoms with Gasteiger partial charge in [-0.2, -0.15) is 4.98 Å². The molecule has 1 saturated carbocycles. The Labute approximate surface area is 135 Å². The molecule has 1 N–H and O–H groups in total. The van der Waals surface area contributed by atoms with Crippen LogP contribution < -0.4 is 10.2 Å². The molecule has 1 fully saturated rings. The Morgan fingerprint density at radius 3 is 2.61 bits per heavy atom. The predicted molar refractivity (Wildman–Crippen MR) is 87.0 cm³/mol. The van der Waals surface area contributed by atoms with Crippen molar-refractivity contribution in [1.29, 1.82) is 0 Å². The van der Waals surface area contributed by atoms with Crippen molar-refractivity contribution in [3.05, 3.63) is 42.0 Å². The summed E-state index contributed by atoms with van der Waals surface area (Å²) in [6.45, 7) is 2.06. The summed E-state index contributed by atoms with van der Waals surface area (Å²) in [4.78, 5) is 18.8. The van der Waals surface area contributed by atoms with Crippen molar-refractivity contribution in [3.8, 4) is 0 Å². The number of benzene rings is 1. The third-order valence-electron chi connectivity index (χ3n) is 4.37. The summed E-state index contributed by atoms with van der Waals surface area (Å²) < 4.78 is 5.11. The standard InChI is InChI=1S/C17H22N4O2/c1-13-18-16(20-23-13)17(10-6-7-11-17)19-15(22)12-21(2)14-8-4-3-5-9-14/h3-5,8-9H,6-7,10-12H2,1-2H3,(H,19,22). The van der Waals surface area contributed by atoms with Crippen molar-refractivity contribution < 1.29 is 9.32 Å². The van der Waals surface area contributed by atoms with E-state index < -0.39 is 5.54 Å². The summed E-state index contributed by atoms with van der Waals surface area (Å²) in [6, 6.07) is 9.86. The number of aryl methyl sites for hydroxylation is 1. The van der Waals surface area contributed by atoms with Crippen LogP contribution in [-0.2, 0) is 10.3 Å². The van der Waals surface area contributed by atoms with Gasteiger partial charge in [0.2, 0.25) is 11.8 Å². The minimum Gasteiger partial charge on any atom is -0.365 e. The minimum atomic E-state index is -0.480. The molecule has 1 aliphatic rings. The molecule has 0 saturated heterocycles. The highest BCUT2D eigenvalue weighted by Gasteiger charge is 2.41. The highest BCUT2D eigenvalue weighted by Crippen LogP contribution is 2.37. The Morgan fingerprint density at radius 1 is 1.30 bits per heavy atom. The lowest BCUT2D eigenvalue weighted by molar-refractivity contribution is -0.121. The van der Waals surface area contributed by atoms with Gasteiger partial charge >= 0.3 is 0 Å². The van der Waals surface area contributed by atoms with Crippen molar-refractivity contribution in [3.63, 3.8) is 0 Å². The Hall–Kier alpha value is -2.37. The first-order valence-electron chi connectivity index (χ1n) is 7.97. The van der Waals surface area contributed by atoms with Crippen LogP contribution in [0.4, 0.5) is 5.69 Å². The predicted octanol–water partition coefficient (Wildman–Crippen LogP) is 2.40. The van der Waals surface area contributed by atoms with Crippen LogP contribution in [0.25, 0.3) is 0 Å². The number of carbonyl (C=O) groups is 1. The van der Waals surface area contributed by atoms with Crippen molar-refractivity contribution >= 4 is 11.6 Å². The largest absolute Gasteiger partial charge is 0.365 e. The molecule has 1 aromatic heterocycles. The number of nitrogens with one attached hydrogen (secondary N) is 1. The van der Waals surface area contributed by atoms with E-state index in [1.807, 2.05) is 42.3 Å². The molecule has 0 atom stereocenters. The average molecular weight is 314 g/mol. The van der Waals surface area contributed by atoms with Crippen LogP contribution in [-0.4, -0.2) is 29.6 Å². The Bertz CT molecular complexity index is 662. The Morgan fingerprint density at radius 2 is 2.00 bits per heavy atom. The van der Waals surface area contributed by atoms with E-state index in [1.165, 1.54) is 0 Å². The maximum Gasteiger partial charge on any atom is 0.240 e. The van der Waals surface area contributed by atoms with Gasteiger partial charge in [0.15, 0.2) is 5.82 Å². The van der Waals surface area contributed by atoms with Crippen molar-refractivity contribution in [2.45, 2.75) is 38.1 Å². The number of para-hydroxylation sites is 1. The van der Waals surface area contributed by atoms with E-state index in [0.717, 1.165) is 31.4 Å². The molecule has 6 nitrogen and oxygen atoms in total. The summed E-state index contributed by atoms with van der Waals surface area (Å²) in [5.74, 6) is 1.10. The average Bonchev–Trinajstić information content (AvgIpc) is 3.18. The fourth-order valence-electron chi connectivity index (χ4n) is 3.17. The second-order valence-corrected chi connectivity index (χ2v) is 6.17. The van der Waals surface area contributed by atoms with Gasteiger partial charge in [0, 0.05) is 19.7 Å². The number of hydrogen-bond donors (Lipinski definition) is 1. The van der Waals surface area contributed by atoms with Gasteiger partial charge in [-0.1, -0.05) is 36.2 Å². The molecule has 0 unspecified atom stereocenters. The van der Waals surface area contributed by atoms with Crippen molar-refractivity contribution in [1.82, 2.24) is 15.5 Å². The quantitative estimate of drug-likeness (QED) is 0.917. The topological polar surface area (TPSA) is 71.3 Å². The lowest BCUT2D eigenvalue weighted by atomic mass is 9.96. The van der Waals surface area contributed by atoms with E-state index in [-0.39, 0.29) is 5.91 Å². The number of likely N-dealkylation sites (N-methyl/N-ethyl adjacent to an activating group) is 1. The zero-order valence-electron chi connectivity index (χ0n) is 13.6. The molecule has 122 valence electrons. The first kappa shape index (κ1) is 15.5. The molecule has 1 amide bonds. The molecule has 1 aliphatic carbocycles. The number of anilines is 1. The van der Waals surface area contributed by atoms with Crippen LogP contribution in [0.3, 0.4) is 0 Å². The molecule has 1 heterocycles. The van der Waals surface area contributed by atoms with E-state index in [9.17, 15) is 4.79 Å². The molecule has 0 aliphatic heterocycles. The molecule has 6 heteroatoms. The van der Waals surface area contributed by atoms with Crippen LogP contribution in [0.2, 0.25) is 0 Å². The summed E-state index contributed by atoms with van der Waals surface area (Å²) in [6.07, 6.45) is 3.82. The van der Waals surface area contributed by atoms with Gasteiger partial charge in [-0.3, -0.25) is 4.79 Å². The number of aromatic nitrogens is 2. The zero-order valence-corrected chi connectivity index (χ0v) is 13.6. The highest BCUT2D eigenvalue weighted by molar-refractivity contribution is 5.82. The Balaban J connectivity index is 1.70. The van der Waals surface area contributed by atoms with Gasteiger partial charge in [0.05, 0.1) is 6.54 Å². The minimum absolute atomic E-state index is 0.0271. The number of carbonyl (C=O) groups excluding carboxylic acids is 1. The second kappa shape index (κ2) is 6.40. The van der Waals surface area contributed by atoms with Gasteiger partial charge in [-0.25, -0.2) is 0 Å². The molecule has 0 spiro atoms. The third-order valence-corrected chi connectivity index (χ3v) is 4.37. The first-order valence-corrected chi connectivity index (χ1v) is 7.97. The fraction of sp³-hybridized carbons (Fsp3) is 0.471. The Kier molecular flexibility index (Phi) is 4.32. The van der Waals surface area contributed by atoms with Crippen LogP contribution in [0.1, 0.15) is 37.4 Å². The molecule has 23 heavy (non-hydrogen) atoms. The van der Waals surface area contributed by atoms with Crippen LogP contribution >= 0.6 is 0 Å². The summed E-state index contributed by atoms with van der Waals surface area (Å²) in [5.41, 5.74) is 0.533. The highest BCUT2D eigenvalue weighted by atomic mass is 16.5. The smallest absolute Gasteiger partial charge is 0.240 e. The summed E-state index contributed by atoms with van der Waals surface area (Å²) in [7, 11) is 1.91. The van der Waals surface area contributed by atoms with E-state index >= 15 is 0 Å². The van der Waals surface area contributed by atoms with E-state index in [2.05, 4.69) is 15.5 Å². The number of hydrogen-bond acceptors (Lipinski definition) is 5. The lowest BCUT2D eigenvalue weighted by Crippen LogP contribution is -2.48. The molecular formula is C17H22N4O2. The molecule has 2 aromatic rings. The van der Waals surface area contributed by atoms with Crippen molar-refractivity contribution in [2.75, 3.05) is 18.5 Å². The van der Waals surface area contributed by atoms with Crippen LogP contribution in [0.15, 0.2) is 34.9 Å². The number of rotatable bonds is 5. The molecule has 3 rings (SSSR count). The zero-order chi connectivity index (χ0) is 16.3. The van der Waals surface area contributed by atoms with Gasteiger partial charge in [0.1, 0.15) is 5.54 Å². The summed E-state index contributed by atoms with van der Waals surface area (Å²) in [5, 5.41) is 7.20. The number of amides is 1. The molecule has 0 bridgehead atoms. The van der Waals surface area contributed by atoms with Gasteiger partial charge < -0.3 is 14.7 Å². The maximum atomic E-state index is 12.5. The lowest BCUT2D eigenvalue weighted by Gasteiger charge is -2.28. The van der Waals surface area contributed by atoms with Gasteiger partial charge in [-0.05, 0) is 25.0 Å². The molecular weight excluding hydrogens is 292 g/mol. The molecule has 1 aromatic carbocycles. The monoisotopic (exact) mass is 314 g/mol. The normalized spacial score (nSPS) is 16.3. The fourth-order valence-corrected chi connectivity index (χ4v) is 3.17. The van der Waals surface area contributed by atoms with E-state index in [0.29, 0.717) is 18.3 Å². The van der Waals surface area contributed by atoms with Gasteiger partial charge in [0.25, 0.3) is 0 Å². The first-order chi connectivity index (χ1) is 11.1. The second-order valence-electron chi connectivity index (χ2n) is 6.17. The number of nitrogens with zero attached hydrogens (tertiary/aromatic N) is 3. The molecule has 0 radical (unpaired) electrons. The summed E-state index contributed by atoms with van der Waals surface area (Å²) >= 11 is 0.